The summed E-state index contributed by atoms with van der Waals surface area (Å²) < 4.78 is 5.75. The fourth-order valence-corrected chi connectivity index (χ4v) is 1.73. The molecule has 0 aliphatic carbocycles. The maximum Gasteiger partial charge on any atom is 0.120 e. The van der Waals surface area contributed by atoms with E-state index in [1.54, 1.807) is 6.20 Å². The van der Waals surface area contributed by atoms with Crippen LogP contribution in [0.15, 0.2) is 48.8 Å². The van der Waals surface area contributed by atoms with Gasteiger partial charge in [-0.15, -0.1) is 0 Å². The van der Waals surface area contributed by atoms with Gasteiger partial charge in [0.2, 0.25) is 0 Å². The molecule has 0 amide bonds. The maximum absolute atomic E-state index is 5.75. The SMILES string of the molecule is [CH]CCNCc1cccc(OCc2cccnc2)c1. The van der Waals surface area contributed by atoms with E-state index in [-0.39, 0.29) is 0 Å². The van der Waals surface area contributed by atoms with E-state index in [0.717, 1.165) is 24.4 Å². The summed E-state index contributed by atoms with van der Waals surface area (Å²) >= 11 is 0. The number of nitrogens with zero attached hydrogens (tertiary/aromatic N) is 1. The predicted molar refractivity (Wildman–Crippen MR) is 75.6 cm³/mol. The number of nitrogens with one attached hydrogen (secondary N) is 1. The first-order valence-corrected chi connectivity index (χ1v) is 6.40. The van der Waals surface area contributed by atoms with Crippen LogP contribution in [0.5, 0.6) is 5.75 Å². The summed E-state index contributed by atoms with van der Waals surface area (Å²) in [6.45, 7) is 7.60. The molecule has 0 atom stereocenters. The Bertz CT molecular complexity index is 485. The van der Waals surface area contributed by atoms with E-state index in [1.807, 2.05) is 36.5 Å². The van der Waals surface area contributed by atoms with Crippen molar-refractivity contribution in [3.8, 4) is 5.75 Å². The summed E-state index contributed by atoms with van der Waals surface area (Å²) in [5.74, 6) is 0.871. The van der Waals surface area contributed by atoms with E-state index in [9.17, 15) is 0 Å². The number of hydrogen-bond acceptors (Lipinski definition) is 3. The lowest BCUT2D eigenvalue weighted by atomic mass is 10.2. The smallest absolute Gasteiger partial charge is 0.120 e. The normalized spacial score (nSPS) is 10.4. The topological polar surface area (TPSA) is 34.1 Å². The average molecular weight is 254 g/mol. The zero-order chi connectivity index (χ0) is 13.3. The first-order chi connectivity index (χ1) is 9.38. The van der Waals surface area contributed by atoms with Gasteiger partial charge in [-0.05, 0) is 43.7 Å². The van der Waals surface area contributed by atoms with Crippen molar-refractivity contribution in [1.82, 2.24) is 10.3 Å². The van der Waals surface area contributed by atoms with Crippen molar-refractivity contribution in [3.05, 3.63) is 66.8 Å². The molecule has 0 unspecified atom stereocenters. The van der Waals surface area contributed by atoms with Crippen LogP contribution in [0.4, 0.5) is 0 Å². The van der Waals surface area contributed by atoms with Gasteiger partial charge in [0.1, 0.15) is 12.4 Å². The molecule has 0 aliphatic heterocycles. The first-order valence-electron chi connectivity index (χ1n) is 6.40. The Morgan fingerprint density at radius 1 is 1.16 bits per heavy atom. The third kappa shape index (κ3) is 4.72. The molecule has 2 aromatic rings. The Kier molecular flexibility index (Phi) is 5.38. The standard InChI is InChI=1S/C16H18N2O/c1-2-8-17-11-14-5-3-7-16(10-14)19-13-15-6-4-9-18-12-15/h1,3-7,9-10,12,17H,2,8,11,13H2. The van der Waals surface area contributed by atoms with Gasteiger partial charge in [0, 0.05) is 24.5 Å². The highest BCUT2D eigenvalue weighted by Gasteiger charge is 1.98. The Labute approximate surface area is 114 Å². The van der Waals surface area contributed by atoms with Crippen molar-refractivity contribution in [1.29, 1.82) is 0 Å². The zero-order valence-corrected chi connectivity index (χ0v) is 10.9. The number of benzene rings is 1. The lowest BCUT2D eigenvalue weighted by Crippen LogP contribution is -2.13. The van der Waals surface area contributed by atoms with E-state index in [4.69, 9.17) is 11.7 Å². The molecular weight excluding hydrogens is 236 g/mol. The van der Waals surface area contributed by atoms with Gasteiger partial charge >= 0.3 is 0 Å². The summed E-state index contributed by atoms with van der Waals surface area (Å²) in [4.78, 5) is 4.06. The monoisotopic (exact) mass is 254 g/mol. The molecule has 19 heavy (non-hydrogen) atoms. The first kappa shape index (κ1) is 13.6. The minimum atomic E-state index is 0.535. The highest BCUT2D eigenvalue weighted by atomic mass is 16.5. The summed E-state index contributed by atoms with van der Waals surface area (Å²) in [5.41, 5.74) is 2.26. The molecule has 1 aromatic carbocycles. The molecule has 0 saturated carbocycles. The number of pyridine rings is 1. The van der Waals surface area contributed by atoms with E-state index in [1.165, 1.54) is 5.56 Å². The Morgan fingerprint density at radius 3 is 2.84 bits per heavy atom. The van der Waals surface area contributed by atoms with Crippen LogP contribution >= 0.6 is 0 Å². The molecule has 0 bridgehead atoms. The highest BCUT2D eigenvalue weighted by molar-refractivity contribution is 5.28. The van der Waals surface area contributed by atoms with Gasteiger partial charge in [0.15, 0.2) is 0 Å². The molecular formula is C16H18N2O. The summed E-state index contributed by atoms with van der Waals surface area (Å²) in [6, 6.07) is 12.0. The molecule has 2 radical (unpaired) electrons. The van der Waals surface area contributed by atoms with Crippen LogP contribution in [0.3, 0.4) is 0 Å². The Balaban J connectivity index is 1.88. The Hall–Kier alpha value is -1.87. The van der Waals surface area contributed by atoms with Crippen LogP contribution < -0.4 is 10.1 Å². The van der Waals surface area contributed by atoms with Gasteiger partial charge < -0.3 is 10.1 Å². The van der Waals surface area contributed by atoms with E-state index in [0.29, 0.717) is 13.0 Å². The zero-order valence-electron chi connectivity index (χ0n) is 10.9. The third-order valence-electron chi connectivity index (χ3n) is 2.68. The van der Waals surface area contributed by atoms with Crippen molar-refractivity contribution < 1.29 is 4.74 Å². The summed E-state index contributed by atoms with van der Waals surface area (Å²) in [5, 5.41) is 3.26. The molecule has 0 saturated heterocycles. The molecule has 98 valence electrons. The summed E-state index contributed by atoms with van der Waals surface area (Å²) in [6.07, 6.45) is 4.22. The van der Waals surface area contributed by atoms with Crippen LogP contribution in [0.2, 0.25) is 0 Å². The lowest BCUT2D eigenvalue weighted by molar-refractivity contribution is 0.305. The maximum atomic E-state index is 5.75. The molecule has 1 heterocycles. The molecule has 0 spiro atoms. The average Bonchev–Trinajstić information content (AvgIpc) is 2.47. The van der Waals surface area contributed by atoms with Gasteiger partial charge in [0.05, 0.1) is 0 Å². The second-order valence-electron chi connectivity index (χ2n) is 4.26. The van der Waals surface area contributed by atoms with Crippen LogP contribution in [-0.4, -0.2) is 11.5 Å². The summed E-state index contributed by atoms with van der Waals surface area (Å²) in [7, 11) is 0. The van der Waals surface area contributed by atoms with Crippen molar-refractivity contribution in [3.63, 3.8) is 0 Å². The molecule has 3 nitrogen and oxygen atoms in total. The van der Waals surface area contributed by atoms with E-state index >= 15 is 0 Å². The number of rotatable bonds is 7. The van der Waals surface area contributed by atoms with Gasteiger partial charge in [-0.3, -0.25) is 4.98 Å². The minimum absolute atomic E-state index is 0.535. The van der Waals surface area contributed by atoms with Crippen LogP contribution in [0.25, 0.3) is 0 Å². The molecule has 0 fully saturated rings. The largest absolute Gasteiger partial charge is 0.489 e. The molecule has 1 aromatic heterocycles. The van der Waals surface area contributed by atoms with Gasteiger partial charge in [-0.1, -0.05) is 18.2 Å². The van der Waals surface area contributed by atoms with Gasteiger partial charge in [0.25, 0.3) is 0 Å². The quantitative estimate of drug-likeness (QED) is 0.771. The van der Waals surface area contributed by atoms with E-state index < -0.39 is 0 Å². The minimum Gasteiger partial charge on any atom is -0.489 e. The lowest BCUT2D eigenvalue weighted by Gasteiger charge is -2.08. The highest BCUT2D eigenvalue weighted by Crippen LogP contribution is 2.14. The predicted octanol–water partition coefficient (Wildman–Crippen LogP) is 2.85. The van der Waals surface area contributed by atoms with Crippen LogP contribution in [0.1, 0.15) is 17.5 Å². The van der Waals surface area contributed by atoms with E-state index in [2.05, 4.69) is 16.4 Å². The fraction of sp³-hybridized carbons (Fsp3) is 0.250. The Morgan fingerprint density at radius 2 is 2.05 bits per heavy atom. The second kappa shape index (κ2) is 7.54. The second-order valence-corrected chi connectivity index (χ2v) is 4.26. The van der Waals surface area contributed by atoms with Crippen molar-refractivity contribution in [2.45, 2.75) is 19.6 Å². The van der Waals surface area contributed by atoms with Crippen molar-refractivity contribution in [2.24, 2.45) is 0 Å². The molecule has 2 rings (SSSR count). The van der Waals surface area contributed by atoms with Crippen LogP contribution in [-0.2, 0) is 13.2 Å². The van der Waals surface area contributed by atoms with Gasteiger partial charge in [-0.25, -0.2) is 0 Å². The molecule has 1 N–H and O–H groups in total. The third-order valence-corrected chi connectivity index (χ3v) is 2.68. The van der Waals surface area contributed by atoms with Crippen molar-refractivity contribution >= 4 is 0 Å². The number of hydrogen-bond donors (Lipinski definition) is 1. The number of aromatic nitrogens is 1. The van der Waals surface area contributed by atoms with Crippen molar-refractivity contribution in [2.75, 3.05) is 6.54 Å². The molecule has 3 heteroatoms. The fourth-order valence-electron chi connectivity index (χ4n) is 1.73. The number of ether oxygens (including phenoxy) is 1. The van der Waals surface area contributed by atoms with Crippen LogP contribution in [0, 0.1) is 6.92 Å². The van der Waals surface area contributed by atoms with Gasteiger partial charge in [-0.2, -0.15) is 0 Å². The molecule has 0 aliphatic rings.